The lowest BCUT2D eigenvalue weighted by atomic mass is 9.90. The Labute approximate surface area is 139 Å². The van der Waals surface area contributed by atoms with Crippen molar-refractivity contribution in [2.45, 2.75) is 45.8 Å². The fourth-order valence-corrected chi connectivity index (χ4v) is 3.38. The molecular weight excluding hydrogens is 292 g/mol. The summed E-state index contributed by atoms with van der Waals surface area (Å²) < 4.78 is 11.4. The molecule has 2 rings (SSSR count). The van der Waals surface area contributed by atoms with E-state index in [1.54, 1.807) is 14.2 Å². The summed E-state index contributed by atoms with van der Waals surface area (Å²) in [6, 6.07) is 2.59. The SMILES string of the molecule is CCN1Cc2c(OC)cc(CNCCCO)c(OC)c2CC1C. The summed E-state index contributed by atoms with van der Waals surface area (Å²) in [4.78, 5) is 2.46. The van der Waals surface area contributed by atoms with Gasteiger partial charge in [0.1, 0.15) is 11.5 Å². The first-order chi connectivity index (χ1) is 11.2. The first kappa shape index (κ1) is 18.0. The van der Waals surface area contributed by atoms with Crippen LogP contribution >= 0.6 is 0 Å². The molecule has 0 spiro atoms. The maximum absolute atomic E-state index is 8.89. The Morgan fingerprint density at radius 1 is 1.30 bits per heavy atom. The summed E-state index contributed by atoms with van der Waals surface area (Å²) >= 11 is 0. The fourth-order valence-electron chi connectivity index (χ4n) is 3.38. The van der Waals surface area contributed by atoms with Crippen LogP contribution in [0.15, 0.2) is 6.07 Å². The number of benzene rings is 1. The number of hydrogen-bond donors (Lipinski definition) is 2. The van der Waals surface area contributed by atoms with E-state index in [9.17, 15) is 0 Å². The normalized spacial score (nSPS) is 17.9. The van der Waals surface area contributed by atoms with E-state index < -0.39 is 0 Å². The highest BCUT2D eigenvalue weighted by Gasteiger charge is 2.28. The van der Waals surface area contributed by atoms with Gasteiger partial charge in [0.05, 0.1) is 14.2 Å². The molecule has 1 atom stereocenters. The quantitative estimate of drug-likeness (QED) is 0.717. The maximum atomic E-state index is 8.89. The summed E-state index contributed by atoms with van der Waals surface area (Å²) in [5.74, 6) is 1.94. The Kier molecular flexibility index (Phi) is 6.69. The zero-order valence-corrected chi connectivity index (χ0v) is 14.8. The van der Waals surface area contributed by atoms with E-state index in [1.807, 2.05) is 0 Å². The van der Waals surface area contributed by atoms with Crippen LogP contribution in [0.25, 0.3) is 0 Å². The standard InChI is InChI=1S/C18H30N2O3/c1-5-20-12-16-15(9-13(20)2)18(23-4)14(10-17(16)22-3)11-19-7-6-8-21/h10,13,19,21H,5-9,11-12H2,1-4H3. The molecule has 5 nitrogen and oxygen atoms in total. The summed E-state index contributed by atoms with van der Waals surface area (Å²) in [5, 5.41) is 12.3. The van der Waals surface area contributed by atoms with Crippen LogP contribution in [0.1, 0.15) is 37.0 Å². The monoisotopic (exact) mass is 322 g/mol. The van der Waals surface area contributed by atoms with Gasteiger partial charge in [-0.3, -0.25) is 4.90 Å². The molecule has 0 aromatic heterocycles. The summed E-state index contributed by atoms with van der Waals surface area (Å²) in [6.07, 6.45) is 1.74. The molecule has 0 amide bonds. The van der Waals surface area contributed by atoms with Crippen molar-refractivity contribution in [3.8, 4) is 11.5 Å². The van der Waals surface area contributed by atoms with Crippen LogP contribution < -0.4 is 14.8 Å². The molecule has 1 aliphatic heterocycles. The molecular formula is C18H30N2O3. The lowest BCUT2D eigenvalue weighted by Crippen LogP contribution is -2.38. The van der Waals surface area contributed by atoms with Crippen LogP contribution in [0, 0.1) is 0 Å². The van der Waals surface area contributed by atoms with Crippen LogP contribution in [0.4, 0.5) is 0 Å². The number of hydrogen-bond acceptors (Lipinski definition) is 5. The molecule has 1 heterocycles. The van der Waals surface area contributed by atoms with E-state index in [2.05, 4.69) is 30.1 Å². The second-order valence-electron chi connectivity index (χ2n) is 6.10. The van der Waals surface area contributed by atoms with Gasteiger partial charge in [0, 0.05) is 42.4 Å². The smallest absolute Gasteiger partial charge is 0.127 e. The molecule has 0 saturated heterocycles. The number of fused-ring (bicyclic) bond motifs is 1. The van der Waals surface area contributed by atoms with Crippen molar-refractivity contribution in [3.63, 3.8) is 0 Å². The summed E-state index contributed by atoms with van der Waals surface area (Å²) in [5.41, 5.74) is 3.66. The zero-order valence-electron chi connectivity index (χ0n) is 14.8. The van der Waals surface area contributed by atoms with Crippen molar-refractivity contribution in [1.82, 2.24) is 10.2 Å². The fraction of sp³-hybridized carbons (Fsp3) is 0.667. The van der Waals surface area contributed by atoms with E-state index in [0.29, 0.717) is 6.04 Å². The molecule has 0 radical (unpaired) electrons. The van der Waals surface area contributed by atoms with Crippen LogP contribution in [-0.2, 0) is 19.5 Å². The van der Waals surface area contributed by atoms with Crippen LogP contribution in [0.2, 0.25) is 0 Å². The van der Waals surface area contributed by atoms with Crippen molar-refractivity contribution in [3.05, 3.63) is 22.8 Å². The third kappa shape index (κ3) is 3.97. The number of rotatable bonds is 8. The maximum Gasteiger partial charge on any atom is 0.127 e. The van der Waals surface area contributed by atoms with Gasteiger partial charge in [-0.25, -0.2) is 0 Å². The van der Waals surface area contributed by atoms with Crippen molar-refractivity contribution in [2.24, 2.45) is 0 Å². The van der Waals surface area contributed by atoms with Gasteiger partial charge in [-0.05, 0) is 38.9 Å². The zero-order chi connectivity index (χ0) is 16.8. The number of aliphatic hydroxyl groups is 1. The van der Waals surface area contributed by atoms with Crippen LogP contribution in [-0.4, -0.2) is 50.0 Å². The largest absolute Gasteiger partial charge is 0.496 e. The van der Waals surface area contributed by atoms with E-state index in [0.717, 1.165) is 56.1 Å². The molecule has 0 aliphatic carbocycles. The number of likely N-dealkylation sites (N-methyl/N-ethyl adjacent to an activating group) is 1. The third-order valence-electron chi connectivity index (χ3n) is 4.67. The number of methoxy groups -OCH3 is 2. The molecule has 1 aromatic carbocycles. The minimum absolute atomic E-state index is 0.210. The molecule has 2 N–H and O–H groups in total. The molecule has 1 aromatic rings. The summed E-state index contributed by atoms with van der Waals surface area (Å²) in [7, 11) is 3.48. The van der Waals surface area contributed by atoms with Gasteiger partial charge >= 0.3 is 0 Å². The molecule has 1 unspecified atom stereocenters. The van der Waals surface area contributed by atoms with Gasteiger partial charge in [0.25, 0.3) is 0 Å². The van der Waals surface area contributed by atoms with Crippen LogP contribution in [0.5, 0.6) is 11.5 Å². The minimum Gasteiger partial charge on any atom is -0.496 e. The second-order valence-corrected chi connectivity index (χ2v) is 6.10. The van der Waals surface area contributed by atoms with E-state index >= 15 is 0 Å². The Balaban J connectivity index is 2.33. The van der Waals surface area contributed by atoms with Gasteiger partial charge in [0.15, 0.2) is 0 Å². The number of nitrogens with zero attached hydrogens (tertiary/aromatic N) is 1. The first-order valence-corrected chi connectivity index (χ1v) is 8.47. The molecule has 5 heteroatoms. The van der Waals surface area contributed by atoms with Gasteiger partial charge in [-0.2, -0.15) is 0 Å². The number of nitrogens with one attached hydrogen (secondary N) is 1. The number of ether oxygens (including phenoxy) is 2. The second kappa shape index (κ2) is 8.52. The lowest BCUT2D eigenvalue weighted by Gasteiger charge is -2.36. The molecule has 130 valence electrons. The van der Waals surface area contributed by atoms with Gasteiger partial charge < -0.3 is 19.9 Å². The Bertz CT molecular complexity index is 519. The number of aliphatic hydroxyl groups excluding tert-OH is 1. The highest BCUT2D eigenvalue weighted by molar-refractivity contribution is 5.55. The predicted octanol–water partition coefficient (Wildman–Crippen LogP) is 1.94. The Morgan fingerprint density at radius 3 is 2.70 bits per heavy atom. The average Bonchev–Trinajstić information content (AvgIpc) is 2.57. The van der Waals surface area contributed by atoms with Gasteiger partial charge in [-0.15, -0.1) is 0 Å². The van der Waals surface area contributed by atoms with Gasteiger partial charge in [-0.1, -0.05) is 6.92 Å². The average molecular weight is 322 g/mol. The van der Waals surface area contributed by atoms with Crippen molar-refractivity contribution >= 4 is 0 Å². The minimum atomic E-state index is 0.210. The first-order valence-electron chi connectivity index (χ1n) is 8.47. The predicted molar refractivity (Wildman–Crippen MR) is 92.2 cm³/mol. The highest BCUT2D eigenvalue weighted by atomic mass is 16.5. The Morgan fingerprint density at radius 2 is 2.09 bits per heavy atom. The van der Waals surface area contributed by atoms with E-state index in [1.165, 1.54) is 11.1 Å². The van der Waals surface area contributed by atoms with Gasteiger partial charge in [0.2, 0.25) is 0 Å². The highest BCUT2D eigenvalue weighted by Crippen LogP contribution is 2.39. The molecule has 23 heavy (non-hydrogen) atoms. The molecule has 0 saturated carbocycles. The Hall–Kier alpha value is -1.30. The van der Waals surface area contributed by atoms with E-state index in [-0.39, 0.29) is 6.61 Å². The summed E-state index contributed by atoms with van der Waals surface area (Å²) in [6.45, 7) is 8.14. The van der Waals surface area contributed by atoms with E-state index in [4.69, 9.17) is 14.6 Å². The van der Waals surface area contributed by atoms with Crippen molar-refractivity contribution < 1.29 is 14.6 Å². The van der Waals surface area contributed by atoms with Crippen molar-refractivity contribution in [2.75, 3.05) is 33.9 Å². The molecule has 0 fully saturated rings. The molecule has 1 aliphatic rings. The topological polar surface area (TPSA) is 54.0 Å². The van der Waals surface area contributed by atoms with Crippen LogP contribution in [0.3, 0.4) is 0 Å². The van der Waals surface area contributed by atoms with Crippen molar-refractivity contribution in [1.29, 1.82) is 0 Å². The molecule has 0 bridgehead atoms. The lowest BCUT2D eigenvalue weighted by molar-refractivity contribution is 0.189. The third-order valence-corrected chi connectivity index (χ3v) is 4.67.